The number of hydrogen-bond donors (Lipinski definition) is 1. The highest BCUT2D eigenvalue weighted by atomic mass is 16.5. The summed E-state index contributed by atoms with van der Waals surface area (Å²) < 4.78 is 11.4. The van der Waals surface area contributed by atoms with Gasteiger partial charge in [0, 0.05) is 25.4 Å². The summed E-state index contributed by atoms with van der Waals surface area (Å²) in [6.07, 6.45) is 4.44. The fraction of sp³-hybridized carbons (Fsp3) is 0.312. The molecule has 0 atom stereocenters. The third-order valence-corrected chi connectivity index (χ3v) is 2.91. The Bertz CT molecular complexity index is 529. The zero-order valence-corrected chi connectivity index (χ0v) is 11.7. The predicted molar refractivity (Wildman–Crippen MR) is 78.9 cm³/mol. The molecule has 0 spiro atoms. The smallest absolute Gasteiger partial charge is 0.161 e. The van der Waals surface area contributed by atoms with Gasteiger partial charge in [0.25, 0.3) is 0 Å². The van der Waals surface area contributed by atoms with Crippen LogP contribution in [0.2, 0.25) is 0 Å². The maximum Gasteiger partial charge on any atom is 0.161 e. The maximum atomic E-state index is 5.80. The Kier molecular flexibility index (Phi) is 5.38. The number of ether oxygens (including phenoxy) is 2. The molecule has 0 bridgehead atoms. The predicted octanol–water partition coefficient (Wildman–Crippen LogP) is 2.56. The molecule has 2 rings (SSSR count). The van der Waals surface area contributed by atoms with Crippen molar-refractivity contribution in [2.24, 2.45) is 5.73 Å². The first kappa shape index (κ1) is 14.3. The van der Waals surface area contributed by atoms with Crippen molar-refractivity contribution >= 4 is 0 Å². The van der Waals surface area contributed by atoms with Crippen molar-refractivity contribution in [3.05, 3.63) is 53.9 Å². The summed E-state index contributed by atoms with van der Waals surface area (Å²) in [5.74, 6) is 1.51. The maximum absolute atomic E-state index is 5.80. The second-order valence-corrected chi connectivity index (χ2v) is 4.38. The van der Waals surface area contributed by atoms with E-state index in [0.717, 1.165) is 29.0 Å². The van der Waals surface area contributed by atoms with Gasteiger partial charge >= 0.3 is 0 Å². The van der Waals surface area contributed by atoms with Crippen LogP contribution in [0.3, 0.4) is 0 Å². The van der Waals surface area contributed by atoms with E-state index < -0.39 is 0 Å². The van der Waals surface area contributed by atoms with Gasteiger partial charge in [-0.1, -0.05) is 12.1 Å². The summed E-state index contributed by atoms with van der Waals surface area (Å²) in [5, 5.41) is 0. The van der Waals surface area contributed by atoms with Crippen molar-refractivity contribution in [2.45, 2.75) is 19.9 Å². The van der Waals surface area contributed by atoms with E-state index in [0.29, 0.717) is 19.8 Å². The molecule has 0 aliphatic heterocycles. The summed E-state index contributed by atoms with van der Waals surface area (Å²) in [7, 11) is 0. The van der Waals surface area contributed by atoms with Crippen LogP contribution in [0.1, 0.15) is 18.1 Å². The van der Waals surface area contributed by atoms with Crippen LogP contribution in [0.4, 0.5) is 0 Å². The number of benzene rings is 1. The minimum atomic E-state index is 0.496. The highest BCUT2D eigenvalue weighted by Crippen LogP contribution is 2.28. The van der Waals surface area contributed by atoms with Gasteiger partial charge in [-0.3, -0.25) is 4.98 Å². The van der Waals surface area contributed by atoms with Crippen molar-refractivity contribution in [3.63, 3.8) is 0 Å². The van der Waals surface area contributed by atoms with Gasteiger partial charge in [-0.15, -0.1) is 0 Å². The molecule has 0 fully saturated rings. The molecule has 0 aliphatic rings. The fourth-order valence-electron chi connectivity index (χ4n) is 1.89. The molecule has 0 radical (unpaired) electrons. The first-order valence-electron chi connectivity index (χ1n) is 6.81. The van der Waals surface area contributed by atoms with Gasteiger partial charge in [0.15, 0.2) is 11.5 Å². The number of pyridine rings is 1. The number of hydrogen-bond acceptors (Lipinski definition) is 4. The van der Waals surface area contributed by atoms with Gasteiger partial charge in [-0.25, -0.2) is 0 Å². The zero-order valence-electron chi connectivity index (χ0n) is 11.7. The molecule has 2 aromatic rings. The third-order valence-electron chi connectivity index (χ3n) is 2.91. The molecule has 2 N–H and O–H groups in total. The zero-order chi connectivity index (χ0) is 14.2. The average molecular weight is 272 g/mol. The standard InChI is InChI=1S/C16H20N2O2/c1-2-19-16-10-14(11-17)5-6-15(16)20-9-7-13-4-3-8-18-12-13/h3-6,8,10,12H,2,7,9,11,17H2,1H3. The van der Waals surface area contributed by atoms with E-state index in [9.17, 15) is 0 Å². The summed E-state index contributed by atoms with van der Waals surface area (Å²) in [6.45, 7) is 3.64. The SMILES string of the molecule is CCOc1cc(CN)ccc1OCCc1cccnc1. The monoisotopic (exact) mass is 272 g/mol. The molecule has 1 heterocycles. The van der Waals surface area contributed by atoms with E-state index in [4.69, 9.17) is 15.2 Å². The quantitative estimate of drug-likeness (QED) is 0.841. The molecule has 1 aromatic carbocycles. The minimum absolute atomic E-state index is 0.496. The lowest BCUT2D eigenvalue weighted by Crippen LogP contribution is -2.05. The van der Waals surface area contributed by atoms with Crippen molar-refractivity contribution in [1.29, 1.82) is 0 Å². The Morgan fingerprint density at radius 1 is 1.10 bits per heavy atom. The van der Waals surface area contributed by atoms with E-state index in [1.54, 1.807) is 6.20 Å². The first-order chi connectivity index (χ1) is 9.83. The molecule has 0 unspecified atom stereocenters. The van der Waals surface area contributed by atoms with Gasteiger partial charge in [0.2, 0.25) is 0 Å². The minimum Gasteiger partial charge on any atom is -0.490 e. The average Bonchev–Trinajstić information content (AvgIpc) is 2.50. The summed E-state index contributed by atoms with van der Waals surface area (Å²) in [4.78, 5) is 4.09. The molecule has 4 nitrogen and oxygen atoms in total. The van der Waals surface area contributed by atoms with Crippen LogP contribution in [0.5, 0.6) is 11.5 Å². The van der Waals surface area contributed by atoms with Crippen molar-refractivity contribution < 1.29 is 9.47 Å². The van der Waals surface area contributed by atoms with E-state index >= 15 is 0 Å². The van der Waals surface area contributed by atoms with Crippen LogP contribution in [-0.2, 0) is 13.0 Å². The molecule has 4 heteroatoms. The van der Waals surface area contributed by atoms with Gasteiger partial charge in [-0.05, 0) is 36.2 Å². The molecule has 0 saturated carbocycles. The number of aromatic nitrogens is 1. The van der Waals surface area contributed by atoms with Gasteiger partial charge < -0.3 is 15.2 Å². The lowest BCUT2D eigenvalue weighted by atomic mass is 10.2. The Balaban J connectivity index is 1.98. The second-order valence-electron chi connectivity index (χ2n) is 4.38. The third kappa shape index (κ3) is 3.96. The van der Waals surface area contributed by atoms with Crippen LogP contribution in [0.15, 0.2) is 42.7 Å². The van der Waals surface area contributed by atoms with Crippen molar-refractivity contribution in [3.8, 4) is 11.5 Å². The largest absolute Gasteiger partial charge is 0.490 e. The summed E-state index contributed by atoms with van der Waals surface area (Å²) in [6, 6.07) is 9.77. The van der Waals surface area contributed by atoms with Crippen LogP contribution in [0, 0.1) is 0 Å². The topological polar surface area (TPSA) is 57.4 Å². The van der Waals surface area contributed by atoms with E-state index in [1.165, 1.54) is 0 Å². The van der Waals surface area contributed by atoms with Crippen LogP contribution >= 0.6 is 0 Å². The molecule has 0 saturated heterocycles. The van der Waals surface area contributed by atoms with E-state index in [-0.39, 0.29) is 0 Å². The Hall–Kier alpha value is -2.07. The Morgan fingerprint density at radius 3 is 2.70 bits per heavy atom. The molecular formula is C16H20N2O2. The number of rotatable bonds is 7. The van der Waals surface area contributed by atoms with Crippen LogP contribution in [0.25, 0.3) is 0 Å². The van der Waals surface area contributed by atoms with Crippen LogP contribution in [-0.4, -0.2) is 18.2 Å². The molecular weight excluding hydrogens is 252 g/mol. The Labute approximate surface area is 119 Å². The number of nitrogens with zero attached hydrogens (tertiary/aromatic N) is 1. The molecule has 0 amide bonds. The molecule has 1 aromatic heterocycles. The highest BCUT2D eigenvalue weighted by Gasteiger charge is 2.06. The number of nitrogens with two attached hydrogens (primary N) is 1. The fourth-order valence-corrected chi connectivity index (χ4v) is 1.89. The van der Waals surface area contributed by atoms with Gasteiger partial charge in [-0.2, -0.15) is 0 Å². The van der Waals surface area contributed by atoms with E-state index in [2.05, 4.69) is 4.98 Å². The molecule has 106 valence electrons. The van der Waals surface area contributed by atoms with Crippen LogP contribution < -0.4 is 15.2 Å². The molecule has 0 aliphatic carbocycles. The highest BCUT2D eigenvalue weighted by molar-refractivity contribution is 5.43. The Morgan fingerprint density at radius 2 is 2.00 bits per heavy atom. The molecule has 20 heavy (non-hydrogen) atoms. The van der Waals surface area contributed by atoms with Crippen molar-refractivity contribution in [2.75, 3.05) is 13.2 Å². The van der Waals surface area contributed by atoms with Gasteiger partial charge in [0.05, 0.1) is 13.2 Å². The van der Waals surface area contributed by atoms with Gasteiger partial charge in [0.1, 0.15) is 0 Å². The summed E-state index contributed by atoms with van der Waals surface area (Å²) >= 11 is 0. The first-order valence-corrected chi connectivity index (χ1v) is 6.81. The summed E-state index contributed by atoms with van der Waals surface area (Å²) in [5.41, 5.74) is 7.83. The van der Waals surface area contributed by atoms with E-state index in [1.807, 2.05) is 43.5 Å². The second kappa shape index (κ2) is 7.50. The lowest BCUT2D eigenvalue weighted by molar-refractivity contribution is 0.279. The van der Waals surface area contributed by atoms with Crippen molar-refractivity contribution in [1.82, 2.24) is 4.98 Å². The normalized spacial score (nSPS) is 10.3. The lowest BCUT2D eigenvalue weighted by Gasteiger charge is -2.13.